The van der Waals surface area contributed by atoms with Crippen molar-refractivity contribution in [2.75, 3.05) is 18.8 Å². The number of nitrogens with zero attached hydrogens (tertiary/aromatic N) is 2. The van der Waals surface area contributed by atoms with Gasteiger partial charge in [-0.2, -0.15) is 0 Å². The highest BCUT2D eigenvalue weighted by atomic mass is 16.6. The molecule has 2 aromatic rings. The van der Waals surface area contributed by atoms with Gasteiger partial charge in [-0.05, 0) is 18.9 Å². The summed E-state index contributed by atoms with van der Waals surface area (Å²) < 4.78 is 0. The van der Waals surface area contributed by atoms with E-state index in [2.05, 4.69) is 4.98 Å². The molecule has 0 spiro atoms. The van der Waals surface area contributed by atoms with Gasteiger partial charge in [-0.15, -0.1) is 0 Å². The molecule has 0 unspecified atom stereocenters. The van der Waals surface area contributed by atoms with Crippen LogP contribution in [0, 0.1) is 10.1 Å². The molecule has 22 heavy (non-hydrogen) atoms. The lowest BCUT2D eigenvalue weighted by atomic mass is 10.0. The van der Waals surface area contributed by atoms with Gasteiger partial charge in [0.2, 0.25) is 0 Å². The van der Waals surface area contributed by atoms with E-state index in [1.807, 2.05) is 0 Å². The topological polar surface area (TPSA) is 122 Å². The van der Waals surface area contributed by atoms with Crippen molar-refractivity contribution in [2.45, 2.75) is 12.8 Å². The SMILES string of the molecule is Nc1[nH]c(=O)c2cc([N+](=O)[O-])ccc2c1C(=O)N1CCCC1. The number of anilines is 1. The van der Waals surface area contributed by atoms with Gasteiger partial charge >= 0.3 is 0 Å². The Kier molecular flexibility index (Phi) is 3.28. The molecule has 0 saturated carbocycles. The number of amides is 1. The number of carbonyl (C=O) groups is 1. The van der Waals surface area contributed by atoms with Crippen molar-refractivity contribution >= 4 is 28.2 Å². The van der Waals surface area contributed by atoms with E-state index in [1.54, 1.807) is 4.90 Å². The highest BCUT2D eigenvalue weighted by Crippen LogP contribution is 2.26. The summed E-state index contributed by atoms with van der Waals surface area (Å²) in [6.07, 6.45) is 1.86. The van der Waals surface area contributed by atoms with Crippen LogP contribution in [0.3, 0.4) is 0 Å². The largest absolute Gasteiger partial charge is 0.384 e. The van der Waals surface area contributed by atoms with E-state index in [9.17, 15) is 19.7 Å². The minimum absolute atomic E-state index is 0.0109. The van der Waals surface area contributed by atoms with E-state index in [-0.39, 0.29) is 28.4 Å². The molecule has 0 aliphatic carbocycles. The molecular formula is C14H14N4O4. The smallest absolute Gasteiger partial charge is 0.270 e. The molecule has 2 heterocycles. The Morgan fingerprint density at radius 2 is 1.95 bits per heavy atom. The molecule has 0 radical (unpaired) electrons. The first-order valence-electron chi connectivity index (χ1n) is 6.88. The predicted molar refractivity (Wildman–Crippen MR) is 80.8 cm³/mol. The van der Waals surface area contributed by atoms with E-state index >= 15 is 0 Å². The molecule has 1 fully saturated rings. The molecule has 1 aliphatic rings. The second-order valence-corrected chi connectivity index (χ2v) is 5.23. The van der Waals surface area contributed by atoms with Gasteiger partial charge in [0.25, 0.3) is 17.2 Å². The minimum Gasteiger partial charge on any atom is -0.384 e. The van der Waals surface area contributed by atoms with E-state index in [0.717, 1.165) is 18.9 Å². The summed E-state index contributed by atoms with van der Waals surface area (Å²) in [5, 5.41) is 11.3. The zero-order valence-electron chi connectivity index (χ0n) is 11.7. The highest BCUT2D eigenvalue weighted by molar-refractivity contribution is 6.10. The van der Waals surface area contributed by atoms with Crippen molar-refractivity contribution in [3.05, 3.63) is 44.2 Å². The van der Waals surface area contributed by atoms with Crippen LogP contribution in [0.2, 0.25) is 0 Å². The molecule has 3 N–H and O–H groups in total. The molecule has 114 valence electrons. The maximum atomic E-state index is 12.6. The normalized spacial score (nSPS) is 14.5. The molecule has 8 nitrogen and oxygen atoms in total. The minimum atomic E-state index is -0.586. The maximum Gasteiger partial charge on any atom is 0.270 e. The van der Waals surface area contributed by atoms with E-state index < -0.39 is 10.5 Å². The fraction of sp³-hybridized carbons (Fsp3) is 0.286. The predicted octanol–water partition coefficient (Wildman–Crippen LogP) is 1.25. The Bertz CT molecular complexity index is 837. The number of fused-ring (bicyclic) bond motifs is 1. The van der Waals surface area contributed by atoms with Crippen molar-refractivity contribution in [3.63, 3.8) is 0 Å². The molecule has 1 aromatic heterocycles. The molecule has 0 bridgehead atoms. The Labute approximate surface area is 124 Å². The van der Waals surface area contributed by atoms with E-state index in [0.29, 0.717) is 18.5 Å². The van der Waals surface area contributed by atoms with E-state index in [1.165, 1.54) is 12.1 Å². The lowest BCUT2D eigenvalue weighted by Crippen LogP contribution is -2.29. The van der Waals surface area contributed by atoms with E-state index in [4.69, 9.17) is 5.73 Å². The molecule has 1 amide bonds. The number of rotatable bonds is 2. The average Bonchev–Trinajstić information content (AvgIpc) is 3.00. The van der Waals surface area contributed by atoms with Crippen LogP contribution in [-0.2, 0) is 0 Å². The summed E-state index contributed by atoms with van der Waals surface area (Å²) in [5.74, 6) is -0.270. The van der Waals surface area contributed by atoms with Gasteiger partial charge in [-0.3, -0.25) is 19.7 Å². The van der Waals surface area contributed by atoms with Gasteiger partial charge in [-0.25, -0.2) is 0 Å². The molecule has 1 saturated heterocycles. The number of H-pyrrole nitrogens is 1. The highest BCUT2D eigenvalue weighted by Gasteiger charge is 2.25. The van der Waals surface area contributed by atoms with Crippen LogP contribution in [0.25, 0.3) is 10.8 Å². The molecule has 0 atom stereocenters. The van der Waals surface area contributed by atoms with Crippen LogP contribution in [-0.4, -0.2) is 33.8 Å². The van der Waals surface area contributed by atoms with Crippen LogP contribution in [0.5, 0.6) is 0 Å². The van der Waals surface area contributed by atoms with Crippen LogP contribution in [0.1, 0.15) is 23.2 Å². The molecule has 1 aromatic carbocycles. The fourth-order valence-corrected chi connectivity index (χ4v) is 2.76. The van der Waals surface area contributed by atoms with Gasteiger partial charge in [0, 0.05) is 30.6 Å². The second-order valence-electron chi connectivity index (χ2n) is 5.23. The lowest BCUT2D eigenvalue weighted by Gasteiger charge is -2.17. The number of benzene rings is 1. The van der Waals surface area contributed by atoms with Crippen LogP contribution in [0.4, 0.5) is 11.5 Å². The van der Waals surface area contributed by atoms with Crippen molar-refractivity contribution in [1.82, 2.24) is 9.88 Å². The summed E-state index contributed by atoms with van der Waals surface area (Å²) in [7, 11) is 0. The summed E-state index contributed by atoms with van der Waals surface area (Å²) in [5.41, 5.74) is 5.26. The zero-order chi connectivity index (χ0) is 15.9. The summed E-state index contributed by atoms with van der Waals surface area (Å²) in [6.45, 7) is 1.29. The van der Waals surface area contributed by atoms with Crippen molar-refractivity contribution < 1.29 is 9.72 Å². The monoisotopic (exact) mass is 302 g/mol. The average molecular weight is 302 g/mol. The Balaban J connectivity index is 2.23. The van der Waals surface area contributed by atoms with Gasteiger partial charge in [0.05, 0.1) is 15.9 Å². The third kappa shape index (κ3) is 2.18. The molecule has 1 aliphatic heterocycles. The Morgan fingerprint density at radius 3 is 2.59 bits per heavy atom. The van der Waals surface area contributed by atoms with Gasteiger partial charge in [0.1, 0.15) is 5.82 Å². The van der Waals surface area contributed by atoms with Gasteiger partial charge in [-0.1, -0.05) is 0 Å². The molecular weight excluding hydrogens is 288 g/mol. The third-order valence-electron chi connectivity index (χ3n) is 3.85. The number of hydrogen-bond acceptors (Lipinski definition) is 5. The summed E-state index contributed by atoms with van der Waals surface area (Å²) in [4.78, 5) is 38.9. The van der Waals surface area contributed by atoms with Crippen LogP contribution < -0.4 is 11.3 Å². The number of carbonyl (C=O) groups excluding carboxylic acids is 1. The number of nitrogens with two attached hydrogens (primary N) is 1. The number of non-ortho nitro benzene ring substituents is 1. The van der Waals surface area contributed by atoms with Gasteiger partial charge < -0.3 is 15.6 Å². The van der Waals surface area contributed by atoms with Crippen LogP contribution in [0.15, 0.2) is 23.0 Å². The van der Waals surface area contributed by atoms with Gasteiger partial charge in [0.15, 0.2) is 0 Å². The van der Waals surface area contributed by atoms with Crippen LogP contribution >= 0.6 is 0 Å². The summed E-state index contributed by atoms with van der Waals surface area (Å²) in [6, 6.07) is 3.83. The number of nitro groups is 1. The standard InChI is InChI=1S/C14H14N4O4/c15-12-11(14(20)17-5-1-2-6-17)9-4-3-8(18(21)22)7-10(9)13(19)16-12/h3-4,7H,1-2,5-6H2,(H3,15,16,19). The second kappa shape index (κ2) is 5.14. The molecule has 8 heteroatoms. The number of likely N-dealkylation sites (tertiary alicyclic amines) is 1. The Morgan fingerprint density at radius 1 is 1.27 bits per heavy atom. The number of aromatic amines is 1. The number of pyridine rings is 1. The molecule has 3 rings (SSSR count). The number of hydrogen-bond donors (Lipinski definition) is 2. The number of aromatic nitrogens is 1. The summed E-state index contributed by atoms with van der Waals surface area (Å²) >= 11 is 0. The third-order valence-corrected chi connectivity index (χ3v) is 3.85. The fourth-order valence-electron chi connectivity index (χ4n) is 2.76. The lowest BCUT2D eigenvalue weighted by molar-refractivity contribution is -0.384. The zero-order valence-corrected chi connectivity index (χ0v) is 11.7. The Hall–Kier alpha value is -2.90. The number of nitrogen functional groups attached to an aromatic ring is 1. The quantitative estimate of drug-likeness (QED) is 0.638. The number of nitro benzene ring substituents is 1. The maximum absolute atomic E-state index is 12.6. The number of nitrogens with one attached hydrogen (secondary N) is 1. The van der Waals surface area contributed by atoms with Crippen molar-refractivity contribution in [1.29, 1.82) is 0 Å². The van der Waals surface area contributed by atoms with Crippen molar-refractivity contribution in [3.8, 4) is 0 Å². The van der Waals surface area contributed by atoms with Crippen molar-refractivity contribution in [2.24, 2.45) is 0 Å². The first kappa shape index (κ1) is 14.1. The first-order valence-corrected chi connectivity index (χ1v) is 6.88. The first-order chi connectivity index (χ1) is 10.5.